The Morgan fingerprint density at radius 3 is 2.21 bits per heavy atom. The number of sulfonamides is 1. The first-order chi connectivity index (χ1) is 22.5. The molecule has 0 aliphatic rings. The number of carbonyl (C=O) groups excluding carboxylic acids is 2. The highest BCUT2D eigenvalue weighted by Gasteiger charge is 2.35. The molecule has 0 spiro atoms. The van der Waals surface area contributed by atoms with Crippen LogP contribution in [0, 0.1) is 13.8 Å². The molecule has 8 nitrogen and oxygen atoms in total. The summed E-state index contributed by atoms with van der Waals surface area (Å²) in [5.74, 6) is -0.480. The first-order valence-corrected chi connectivity index (χ1v) is 17.4. The fourth-order valence-corrected chi connectivity index (χ4v) is 6.90. The van der Waals surface area contributed by atoms with Crippen molar-refractivity contribution in [3.05, 3.63) is 124 Å². The zero-order valence-electron chi connectivity index (χ0n) is 27.3. The first kappa shape index (κ1) is 35.5. The monoisotopic (exact) mass is 675 g/mol. The molecule has 0 fully saturated rings. The number of aryl methyl sites for hydroxylation is 2. The highest BCUT2D eigenvalue weighted by molar-refractivity contribution is 7.92. The Morgan fingerprint density at radius 1 is 0.872 bits per heavy atom. The van der Waals surface area contributed by atoms with Gasteiger partial charge in [0.2, 0.25) is 11.8 Å². The second-order valence-corrected chi connectivity index (χ2v) is 13.8. The number of hydrogen-bond donors (Lipinski definition) is 1. The third-order valence-electron chi connectivity index (χ3n) is 7.85. The molecule has 1 unspecified atom stereocenters. The van der Waals surface area contributed by atoms with Crippen LogP contribution in [-0.2, 0) is 32.6 Å². The number of ether oxygens (including phenoxy) is 1. The van der Waals surface area contributed by atoms with Gasteiger partial charge in [-0.15, -0.1) is 0 Å². The van der Waals surface area contributed by atoms with Crippen LogP contribution in [0.2, 0.25) is 5.02 Å². The summed E-state index contributed by atoms with van der Waals surface area (Å²) in [4.78, 5) is 30.0. The maximum atomic E-state index is 14.6. The largest absolute Gasteiger partial charge is 0.495 e. The van der Waals surface area contributed by atoms with E-state index in [-0.39, 0.29) is 34.5 Å². The van der Waals surface area contributed by atoms with Gasteiger partial charge < -0.3 is 15.0 Å². The zero-order chi connectivity index (χ0) is 34.0. The van der Waals surface area contributed by atoms with Gasteiger partial charge in [-0.3, -0.25) is 13.9 Å². The summed E-state index contributed by atoms with van der Waals surface area (Å²) in [5, 5.41) is 3.20. The fourth-order valence-electron chi connectivity index (χ4n) is 5.24. The van der Waals surface area contributed by atoms with E-state index in [9.17, 15) is 18.0 Å². The number of nitrogens with zero attached hydrogens (tertiary/aromatic N) is 2. The van der Waals surface area contributed by atoms with Gasteiger partial charge in [-0.2, -0.15) is 0 Å². The van der Waals surface area contributed by atoms with Gasteiger partial charge in [-0.1, -0.05) is 103 Å². The lowest BCUT2D eigenvalue weighted by atomic mass is 10.0. The molecule has 0 aliphatic heterocycles. The molecular formula is C37H42ClN3O5S. The zero-order valence-corrected chi connectivity index (χ0v) is 28.9. The van der Waals surface area contributed by atoms with Crippen molar-refractivity contribution in [1.82, 2.24) is 10.2 Å². The van der Waals surface area contributed by atoms with E-state index < -0.39 is 28.5 Å². The average Bonchev–Trinajstić information content (AvgIpc) is 3.05. The third-order valence-corrected chi connectivity index (χ3v) is 9.93. The van der Waals surface area contributed by atoms with Crippen LogP contribution < -0.4 is 14.4 Å². The number of anilines is 1. The van der Waals surface area contributed by atoms with Gasteiger partial charge in [0.1, 0.15) is 18.3 Å². The highest BCUT2D eigenvalue weighted by atomic mass is 35.5. The highest BCUT2D eigenvalue weighted by Crippen LogP contribution is 2.32. The van der Waals surface area contributed by atoms with Crippen molar-refractivity contribution in [2.45, 2.75) is 57.5 Å². The van der Waals surface area contributed by atoms with Gasteiger partial charge in [0, 0.05) is 19.5 Å². The first-order valence-electron chi connectivity index (χ1n) is 15.6. The summed E-state index contributed by atoms with van der Waals surface area (Å²) in [7, 11) is -2.79. The molecule has 0 aliphatic carbocycles. The molecule has 0 heterocycles. The van der Waals surface area contributed by atoms with Crippen LogP contribution in [0.1, 0.15) is 42.0 Å². The van der Waals surface area contributed by atoms with Crippen LogP contribution in [0.4, 0.5) is 5.69 Å². The summed E-state index contributed by atoms with van der Waals surface area (Å²) in [6, 6.07) is 27.3. The number of nitrogens with one attached hydrogen (secondary N) is 1. The van der Waals surface area contributed by atoms with Crippen molar-refractivity contribution in [1.29, 1.82) is 0 Å². The minimum absolute atomic E-state index is 0.0196. The lowest BCUT2D eigenvalue weighted by molar-refractivity contribution is -0.140. The van der Waals surface area contributed by atoms with E-state index >= 15 is 0 Å². The van der Waals surface area contributed by atoms with Gasteiger partial charge in [0.15, 0.2) is 0 Å². The summed E-state index contributed by atoms with van der Waals surface area (Å²) >= 11 is 6.46. The molecule has 4 rings (SSSR count). The minimum Gasteiger partial charge on any atom is -0.495 e. The van der Waals surface area contributed by atoms with Crippen molar-refractivity contribution < 1.29 is 22.7 Å². The van der Waals surface area contributed by atoms with Crippen molar-refractivity contribution >= 4 is 39.1 Å². The van der Waals surface area contributed by atoms with E-state index in [1.807, 2.05) is 75.4 Å². The van der Waals surface area contributed by atoms with Crippen molar-refractivity contribution in [2.24, 2.45) is 0 Å². The number of halogens is 1. The average molecular weight is 676 g/mol. The Morgan fingerprint density at radius 2 is 1.57 bits per heavy atom. The smallest absolute Gasteiger partial charge is 0.264 e. The molecule has 10 heteroatoms. The predicted molar refractivity (Wildman–Crippen MR) is 187 cm³/mol. The van der Waals surface area contributed by atoms with Crippen LogP contribution in [0.15, 0.2) is 102 Å². The van der Waals surface area contributed by atoms with E-state index in [1.165, 1.54) is 30.2 Å². The molecular weight excluding hydrogens is 634 g/mol. The maximum absolute atomic E-state index is 14.6. The summed E-state index contributed by atoms with van der Waals surface area (Å²) in [6.45, 7) is 5.85. The molecule has 0 saturated carbocycles. The molecule has 0 radical (unpaired) electrons. The van der Waals surface area contributed by atoms with E-state index in [0.717, 1.165) is 39.4 Å². The molecule has 248 valence electrons. The van der Waals surface area contributed by atoms with Crippen molar-refractivity contribution in [3.8, 4) is 5.75 Å². The van der Waals surface area contributed by atoms with Crippen LogP contribution in [0.3, 0.4) is 0 Å². The summed E-state index contributed by atoms with van der Waals surface area (Å²) in [6.07, 6.45) is 1.93. The van der Waals surface area contributed by atoms with E-state index in [1.54, 1.807) is 24.3 Å². The summed E-state index contributed by atoms with van der Waals surface area (Å²) in [5.41, 5.74) is 3.77. The topological polar surface area (TPSA) is 96.0 Å². The molecule has 1 atom stereocenters. The summed E-state index contributed by atoms with van der Waals surface area (Å²) < 4.78 is 34.8. The number of carbonyl (C=O) groups is 2. The number of methoxy groups -OCH3 is 1. The molecule has 4 aromatic rings. The van der Waals surface area contributed by atoms with Gasteiger partial charge in [0.05, 0.1) is 22.7 Å². The Balaban J connectivity index is 1.81. The molecule has 2 amide bonds. The van der Waals surface area contributed by atoms with Gasteiger partial charge >= 0.3 is 0 Å². The second-order valence-electron chi connectivity index (χ2n) is 11.5. The Hall–Kier alpha value is -4.34. The standard InChI is InChI=1S/C37H42ClN3O5S/c1-5-6-21-39-37(43)34(23-29-12-8-7-9-13-29)40(25-30-14-10-11-28(3)22-30)36(42)26-41(31-17-20-35(46-4)33(38)24-31)47(44,45)32-18-15-27(2)16-19-32/h7-20,22,24,34H,5-6,21,23,25-26H2,1-4H3,(H,39,43). The SMILES string of the molecule is CCCCNC(=O)C(Cc1ccccc1)N(Cc1cccc(C)c1)C(=O)CN(c1ccc(OC)c(Cl)c1)S(=O)(=O)c1ccc(C)cc1. The Kier molecular flexibility index (Phi) is 12.4. The quantitative estimate of drug-likeness (QED) is 0.141. The lowest BCUT2D eigenvalue weighted by Gasteiger charge is -2.34. The normalized spacial score (nSPS) is 11.9. The van der Waals surface area contributed by atoms with Crippen LogP contribution in [0.25, 0.3) is 0 Å². The number of amides is 2. The van der Waals surface area contributed by atoms with Gasteiger partial charge in [-0.05, 0) is 61.7 Å². The minimum atomic E-state index is -4.25. The van der Waals surface area contributed by atoms with Gasteiger partial charge in [-0.25, -0.2) is 8.42 Å². The van der Waals surface area contributed by atoms with Crippen LogP contribution in [0.5, 0.6) is 5.75 Å². The van der Waals surface area contributed by atoms with E-state index in [4.69, 9.17) is 16.3 Å². The van der Waals surface area contributed by atoms with E-state index in [2.05, 4.69) is 5.32 Å². The van der Waals surface area contributed by atoms with Crippen molar-refractivity contribution in [2.75, 3.05) is 24.5 Å². The lowest BCUT2D eigenvalue weighted by Crippen LogP contribution is -2.53. The molecule has 0 bridgehead atoms. The number of unbranched alkanes of at least 4 members (excludes halogenated alkanes) is 1. The molecule has 1 N–H and O–H groups in total. The predicted octanol–water partition coefficient (Wildman–Crippen LogP) is 6.72. The number of rotatable bonds is 15. The fraction of sp³-hybridized carbons (Fsp3) is 0.297. The molecule has 0 saturated heterocycles. The molecule has 0 aromatic heterocycles. The number of benzene rings is 4. The number of hydrogen-bond acceptors (Lipinski definition) is 5. The van der Waals surface area contributed by atoms with Crippen LogP contribution >= 0.6 is 11.6 Å². The Bertz CT molecular complexity index is 1760. The second kappa shape index (κ2) is 16.5. The third kappa shape index (κ3) is 9.36. The maximum Gasteiger partial charge on any atom is 0.264 e. The van der Waals surface area contributed by atoms with Crippen LogP contribution in [-0.4, -0.2) is 51.4 Å². The van der Waals surface area contributed by atoms with E-state index in [0.29, 0.717) is 12.3 Å². The van der Waals surface area contributed by atoms with Gasteiger partial charge in [0.25, 0.3) is 10.0 Å². The molecule has 47 heavy (non-hydrogen) atoms. The van der Waals surface area contributed by atoms with Crippen molar-refractivity contribution in [3.63, 3.8) is 0 Å². The Labute approximate surface area is 283 Å². The molecule has 4 aromatic carbocycles.